The quantitative estimate of drug-likeness (QED) is 0.641. The van der Waals surface area contributed by atoms with Crippen LogP contribution in [0, 0.1) is 5.41 Å². The minimum Gasteiger partial charge on any atom is -0.491 e. The lowest BCUT2D eigenvalue weighted by atomic mass is 9.74. The summed E-state index contributed by atoms with van der Waals surface area (Å²) in [6, 6.07) is 7.22. The average molecular weight is 382 g/mol. The fraction of sp³-hybridized carbons (Fsp3) is 0.579. The lowest BCUT2D eigenvalue weighted by Crippen LogP contribution is -2.48. The third-order valence-corrected chi connectivity index (χ3v) is 5.19. The molecular weight excluding hydrogens is 354 g/mol. The van der Waals surface area contributed by atoms with Gasteiger partial charge in [-0.15, -0.1) is 12.4 Å². The number of carbonyl (C=O) groups excluding carboxylic acids is 2. The van der Waals surface area contributed by atoms with E-state index < -0.39 is 0 Å². The summed E-state index contributed by atoms with van der Waals surface area (Å²) < 4.78 is 5.74. The zero-order valence-electron chi connectivity index (χ0n) is 15.0. The average Bonchev–Trinajstić information content (AvgIpc) is 2.65. The first-order valence-electron chi connectivity index (χ1n) is 9.20. The van der Waals surface area contributed by atoms with Crippen molar-refractivity contribution < 1.29 is 14.3 Å². The maximum atomic E-state index is 12.8. The molecule has 0 aliphatic carbocycles. The summed E-state index contributed by atoms with van der Waals surface area (Å²) in [4.78, 5) is 25.1. The predicted molar refractivity (Wildman–Crippen MR) is 103 cm³/mol. The normalized spacial score (nSPS) is 21.2. The molecule has 6 nitrogen and oxygen atoms in total. The van der Waals surface area contributed by atoms with Gasteiger partial charge >= 0.3 is 0 Å². The summed E-state index contributed by atoms with van der Waals surface area (Å²) in [5, 5.41) is 9.35. The Balaban J connectivity index is 0.00000243. The Morgan fingerprint density at radius 2 is 1.65 bits per heavy atom. The van der Waals surface area contributed by atoms with Gasteiger partial charge in [0, 0.05) is 6.54 Å². The second kappa shape index (κ2) is 9.78. The topological polar surface area (TPSA) is 79.5 Å². The lowest BCUT2D eigenvalue weighted by Gasteiger charge is -2.36. The first-order valence-corrected chi connectivity index (χ1v) is 9.20. The van der Waals surface area contributed by atoms with E-state index in [0.29, 0.717) is 31.0 Å². The Bertz CT molecular complexity index is 618. The van der Waals surface area contributed by atoms with Gasteiger partial charge in [0.1, 0.15) is 12.4 Å². The van der Waals surface area contributed by atoms with E-state index in [0.717, 1.165) is 45.2 Å². The highest BCUT2D eigenvalue weighted by molar-refractivity contribution is 5.96. The molecular formula is C19H28ClN3O3. The standard InChI is InChI=1S/C19H27N3O3.ClH/c23-17-15-5-1-2-6-16(15)25-14-13-22-18(24)19(7-3-4-10-21-17)8-11-20-12-9-19;/h1-2,5-6,20H,3-4,7-14H2,(H,21,23)(H,22,24);1H. The van der Waals surface area contributed by atoms with Gasteiger partial charge in [-0.05, 0) is 50.9 Å². The molecule has 2 heterocycles. The summed E-state index contributed by atoms with van der Waals surface area (Å²) in [6.45, 7) is 3.18. The number of halogens is 1. The molecule has 1 saturated heterocycles. The second-order valence-electron chi connectivity index (χ2n) is 6.84. The van der Waals surface area contributed by atoms with Crippen molar-refractivity contribution in [1.29, 1.82) is 0 Å². The highest BCUT2D eigenvalue weighted by atomic mass is 35.5. The van der Waals surface area contributed by atoms with E-state index in [1.165, 1.54) is 0 Å². The Kier molecular flexibility index (Phi) is 7.72. The summed E-state index contributed by atoms with van der Waals surface area (Å²) in [6.07, 6.45) is 4.42. The molecule has 7 heteroatoms. The van der Waals surface area contributed by atoms with E-state index in [1.54, 1.807) is 12.1 Å². The molecule has 0 aromatic heterocycles. The molecule has 2 aliphatic heterocycles. The summed E-state index contributed by atoms with van der Waals surface area (Å²) in [5.41, 5.74) is 0.262. The van der Waals surface area contributed by atoms with Crippen LogP contribution in [0.4, 0.5) is 0 Å². The monoisotopic (exact) mass is 381 g/mol. The van der Waals surface area contributed by atoms with Crippen molar-refractivity contribution >= 4 is 24.2 Å². The Hall–Kier alpha value is -1.79. The molecule has 3 rings (SSSR count). The van der Waals surface area contributed by atoms with E-state index in [1.807, 2.05) is 12.1 Å². The number of fused-ring (bicyclic) bond motifs is 1. The zero-order valence-corrected chi connectivity index (χ0v) is 15.8. The molecule has 2 amide bonds. The highest BCUT2D eigenvalue weighted by Crippen LogP contribution is 2.34. The molecule has 1 aromatic carbocycles. The van der Waals surface area contributed by atoms with Crippen LogP contribution in [-0.2, 0) is 4.79 Å². The number of nitrogens with one attached hydrogen (secondary N) is 3. The number of hydrogen-bond acceptors (Lipinski definition) is 4. The van der Waals surface area contributed by atoms with Gasteiger partial charge in [-0.25, -0.2) is 0 Å². The Morgan fingerprint density at radius 1 is 0.885 bits per heavy atom. The van der Waals surface area contributed by atoms with Crippen LogP contribution in [0.25, 0.3) is 0 Å². The van der Waals surface area contributed by atoms with Crippen LogP contribution >= 0.6 is 12.4 Å². The number of amides is 2. The van der Waals surface area contributed by atoms with Gasteiger partial charge in [-0.1, -0.05) is 18.6 Å². The SMILES string of the molecule is Cl.O=C1NCCCCC2(CCNCC2)C(=O)NCCOc2ccccc21. The van der Waals surface area contributed by atoms with Gasteiger partial charge in [0.25, 0.3) is 5.91 Å². The van der Waals surface area contributed by atoms with Crippen LogP contribution in [0.3, 0.4) is 0 Å². The van der Waals surface area contributed by atoms with Crippen LogP contribution in [0.2, 0.25) is 0 Å². The molecule has 0 unspecified atom stereocenters. The summed E-state index contributed by atoms with van der Waals surface area (Å²) >= 11 is 0. The number of ether oxygens (including phenoxy) is 1. The van der Waals surface area contributed by atoms with E-state index in [4.69, 9.17) is 4.74 Å². The van der Waals surface area contributed by atoms with Gasteiger partial charge in [-0.2, -0.15) is 0 Å². The van der Waals surface area contributed by atoms with Gasteiger partial charge in [0.2, 0.25) is 5.91 Å². The lowest BCUT2D eigenvalue weighted by molar-refractivity contribution is -0.133. The number of rotatable bonds is 0. The minimum absolute atomic E-state index is 0. The molecule has 0 bridgehead atoms. The van der Waals surface area contributed by atoms with Gasteiger partial charge < -0.3 is 20.7 Å². The van der Waals surface area contributed by atoms with E-state index >= 15 is 0 Å². The van der Waals surface area contributed by atoms with Crippen molar-refractivity contribution in [1.82, 2.24) is 16.0 Å². The molecule has 144 valence electrons. The molecule has 0 atom stereocenters. The van der Waals surface area contributed by atoms with Crippen molar-refractivity contribution in [3.8, 4) is 5.75 Å². The molecule has 0 saturated carbocycles. The summed E-state index contributed by atoms with van der Waals surface area (Å²) in [5.74, 6) is 0.600. The summed E-state index contributed by atoms with van der Waals surface area (Å²) in [7, 11) is 0. The number of para-hydroxylation sites is 1. The van der Waals surface area contributed by atoms with Crippen LogP contribution in [0.15, 0.2) is 24.3 Å². The van der Waals surface area contributed by atoms with Crippen molar-refractivity contribution in [3.63, 3.8) is 0 Å². The number of piperidine rings is 1. The van der Waals surface area contributed by atoms with Crippen molar-refractivity contribution in [2.75, 3.05) is 32.8 Å². The Labute approximate surface area is 160 Å². The van der Waals surface area contributed by atoms with E-state index in [2.05, 4.69) is 16.0 Å². The number of benzene rings is 1. The molecule has 0 radical (unpaired) electrons. The van der Waals surface area contributed by atoms with Crippen molar-refractivity contribution in [3.05, 3.63) is 29.8 Å². The van der Waals surface area contributed by atoms with Crippen LogP contribution in [0.5, 0.6) is 5.75 Å². The third kappa shape index (κ3) is 4.89. The fourth-order valence-corrected chi connectivity index (χ4v) is 3.67. The van der Waals surface area contributed by atoms with Gasteiger partial charge in [-0.3, -0.25) is 9.59 Å². The fourth-order valence-electron chi connectivity index (χ4n) is 3.67. The number of carbonyl (C=O) groups is 2. The first-order chi connectivity index (χ1) is 12.2. The van der Waals surface area contributed by atoms with Crippen LogP contribution in [-0.4, -0.2) is 44.6 Å². The largest absolute Gasteiger partial charge is 0.491 e. The smallest absolute Gasteiger partial charge is 0.255 e. The maximum absolute atomic E-state index is 12.8. The van der Waals surface area contributed by atoms with Gasteiger partial charge in [0.15, 0.2) is 0 Å². The minimum atomic E-state index is -0.280. The van der Waals surface area contributed by atoms with Crippen LogP contribution in [0.1, 0.15) is 42.5 Å². The Morgan fingerprint density at radius 3 is 2.46 bits per heavy atom. The molecule has 1 spiro atoms. The number of hydrogen-bond donors (Lipinski definition) is 3. The van der Waals surface area contributed by atoms with Crippen molar-refractivity contribution in [2.24, 2.45) is 5.41 Å². The molecule has 26 heavy (non-hydrogen) atoms. The molecule has 3 N–H and O–H groups in total. The highest BCUT2D eigenvalue weighted by Gasteiger charge is 2.38. The van der Waals surface area contributed by atoms with Crippen LogP contribution < -0.4 is 20.7 Å². The molecule has 1 aromatic rings. The second-order valence-corrected chi connectivity index (χ2v) is 6.84. The van der Waals surface area contributed by atoms with E-state index in [9.17, 15) is 9.59 Å². The predicted octanol–water partition coefficient (Wildman–Crippen LogP) is 1.89. The third-order valence-electron chi connectivity index (χ3n) is 5.19. The molecule has 1 fully saturated rings. The van der Waals surface area contributed by atoms with Gasteiger partial charge in [0.05, 0.1) is 17.5 Å². The van der Waals surface area contributed by atoms with E-state index in [-0.39, 0.29) is 29.6 Å². The first kappa shape index (κ1) is 20.5. The zero-order chi connectivity index (χ0) is 17.5. The maximum Gasteiger partial charge on any atom is 0.255 e. The van der Waals surface area contributed by atoms with Crippen molar-refractivity contribution in [2.45, 2.75) is 32.1 Å². The molecule has 2 aliphatic rings.